The molecule has 0 saturated carbocycles. The molecular formula is C16H17F3N8. The Morgan fingerprint density at radius 2 is 2.00 bits per heavy atom. The minimum Gasteiger partial charge on any atom is -0.355 e. The van der Waals surface area contributed by atoms with Crippen molar-refractivity contribution in [3.05, 3.63) is 30.6 Å². The van der Waals surface area contributed by atoms with Crippen LogP contribution in [0.5, 0.6) is 0 Å². The van der Waals surface area contributed by atoms with E-state index < -0.39 is 11.9 Å². The highest BCUT2D eigenvalue weighted by molar-refractivity contribution is 5.86. The maximum atomic E-state index is 12.9. The largest absolute Gasteiger partial charge is 0.433 e. The molecule has 4 rings (SSSR count). The van der Waals surface area contributed by atoms with Gasteiger partial charge in [-0.05, 0) is 12.8 Å². The van der Waals surface area contributed by atoms with Crippen molar-refractivity contribution in [2.45, 2.75) is 25.1 Å². The molecule has 1 atom stereocenters. The molecule has 0 aliphatic carbocycles. The van der Waals surface area contributed by atoms with Crippen LogP contribution >= 0.6 is 0 Å². The first kappa shape index (κ1) is 17.4. The Morgan fingerprint density at radius 1 is 1.19 bits per heavy atom. The van der Waals surface area contributed by atoms with Crippen LogP contribution in [0.2, 0.25) is 0 Å². The van der Waals surface area contributed by atoms with E-state index >= 15 is 0 Å². The Bertz CT molecular complexity index is 941. The Balaban J connectivity index is 1.57. The number of rotatable bonds is 3. The summed E-state index contributed by atoms with van der Waals surface area (Å²) < 4.78 is 38.8. The molecule has 0 radical (unpaired) electrons. The SMILES string of the molecule is CN(c1cc(C(F)(F)F)ncn1)C1CCCN(c2ncnc3[nH]ncc23)C1. The first-order valence-corrected chi connectivity index (χ1v) is 8.44. The van der Waals surface area contributed by atoms with Crippen LogP contribution in [0.3, 0.4) is 0 Å². The zero-order valence-electron chi connectivity index (χ0n) is 14.5. The van der Waals surface area contributed by atoms with Gasteiger partial charge in [-0.25, -0.2) is 19.9 Å². The quantitative estimate of drug-likeness (QED) is 0.748. The van der Waals surface area contributed by atoms with E-state index in [0.29, 0.717) is 12.2 Å². The monoisotopic (exact) mass is 378 g/mol. The van der Waals surface area contributed by atoms with Crippen molar-refractivity contribution < 1.29 is 13.2 Å². The molecule has 0 bridgehead atoms. The van der Waals surface area contributed by atoms with Crippen LogP contribution in [0.1, 0.15) is 18.5 Å². The number of anilines is 2. The van der Waals surface area contributed by atoms with E-state index in [4.69, 9.17) is 0 Å². The highest BCUT2D eigenvalue weighted by Crippen LogP contribution is 2.31. The average Bonchev–Trinajstić information content (AvgIpc) is 3.16. The number of fused-ring (bicyclic) bond motifs is 1. The van der Waals surface area contributed by atoms with Crippen LogP contribution in [0, 0.1) is 0 Å². The summed E-state index contributed by atoms with van der Waals surface area (Å²) in [6.45, 7) is 1.42. The zero-order valence-corrected chi connectivity index (χ0v) is 14.5. The summed E-state index contributed by atoms with van der Waals surface area (Å²) in [7, 11) is 1.75. The second kappa shape index (κ2) is 6.63. The van der Waals surface area contributed by atoms with Gasteiger partial charge in [-0.1, -0.05) is 0 Å². The molecule has 1 unspecified atom stereocenters. The molecule has 4 heterocycles. The Hall–Kier alpha value is -2.98. The first-order chi connectivity index (χ1) is 12.9. The second-order valence-electron chi connectivity index (χ2n) is 6.44. The molecule has 1 N–H and O–H groups in total. The second-order valence-corrected chi connectivity index (χ2v) is 6.44. The fourth-order valence-electron chi connectivity index (χ4n) is 3.35. The van der Waals surface area contributed by atoms with Gasteiger partial charge in [-0.2, -0.15) is 18.3 Å². The van der Waals surface area contributed by atoms with Crippen molar-refractivity contribution >= 4 is 22.7 Å². The van der Waals surface area contributed by atoms with Crippen LogP contribution < -0.4 is 9.80 Å². The van der Waals surface area contributed by atoms with Crippen molar-refractivity contribution in [2.75, 3.05) is 29.9 Å². The summed E-state index contributed by atoms with van der Waals surface area (Å²) in [5.41, 5.74) is -0.288. The molecular weight excluding hydrogens is 361 g/mol. The van der Waals surface area contributed by atoms with Crippen molar-refractivity contribution in [1.82, 2.24) is 30.1 Å². The van der Waals surface area contributed by atoms with Gasteiger partial charge in [-0.15, -0.1) is 0 Å². The van der Waals surface area contributed by atoms with Gasteiger partial charge in [-0.3, -0.25) is 5.10 Å². The number of nitrogens with one attached hydrogen (secondary N) is 1. The lowest BCUT2D eigenvalue weighted by Crippen LogP contribution is -2.47. The number of aromatic amines is 1. The highest BCUT2D eigenvalue weighted by Gasteiger charge is 2.34. The van der Waals surface area contributed by atoms with Gasteiger partial charge >= 0.3 is 6.18 Å². The van der Waals surface area contributed by atoms with E-state index in [1.165, 1.54) is 6.33 Å². The molecule has 1 fully saturated rings. The van der Waals surface area contributed by atoms with Crippen molar-refractivity contribution in [3.8, 4) is 0 Å². The average molecular weight is 378 g/mol. The van der Waals surface area contributed by atoms with Crippen LogP contribution in [0.15, 0.2) is 24.9 Å². The number of H-pyrrole nitrogens is 1. The van der Waals surface area contributed by atoms with Gasteiger partial charge in [0.15, 0.2) is 5.65 Å². The Kier molecular flexibility index (Phi) is 4.28. The Morgan fingerprint density at radius 3 is 2.81 bits per heavy atom. The number of nitrogens with zero attached hydrogens (tertiary/aromatic N) is 7. The topological polar surface area (TPSA) is 86.7 Å². The van der Waals surface area contributed by atoms with Crippen LogP contribution in [0.4, 0.5) is 24.8 Å². The number of likely N-dealkylation sites (N-methyl/N-ethyl adjacent to an activating group) is 1. The number of hydrogen-bond donors (Lipinski definition) is 1. The van der Waals surface area contributed by atoms with Gasteiger partial charge in [0, 0.05) is 32.2 Å². The van der Waals surface area contributed by atoms with E-state index in [1.807, 2.05) is 0 Å². The normalized spacial score (nSPS) is 18.1. The molecule has 0 aromatic carbocycles. The minimum absolute atomic E-state index is 0.00773. The standard InChI is InChI=1S/C16H17F3N8/c1-26(13-5-12(16(17,18)19)20-8-21-13)10-3-2-4-27(7-10)15-11-6-24-25-14(11)22-9-23-15/h5-6,8-10H,2-4,7H2,1H3,(H,22,23,24,25). The van der Waals surface area contributed by atoms with E-state index in [0.717, 1.165) is 43.0 Å². The molecule has 1 saturated heterocycles. The molecule has 0 spiro atoms. The number of alkyl halides is 3. The van der Waals surface area contributed by atoms with E-state index in [1.54, 1.807) is 18.1 Å². The summed E-state index contributed by atoms with van der Waals surface area (Å²) in [5, 5.41) is 7.64. The minimum atomic E-state index is -4.50. The molecule has 1 aliphatic rings. The summed E-state index contributed by atoms with van der Waals surface area (Å²) in [6.07, 6.45) is 1.34. The molecule has 142 valence electrons. The number of piperidine rings is 1. The zero-order chi connectivity index (χ0) is 19.0. The van der Waals surface area contributed by atoms with Gasteiger partial charge in [0.25, 0.3) is 0 Å². The summed E-state index contributed by atoms with van der Waals surface area (Å²) in [5.74, 6) is 1.02. The summed E-state index contributed by atoms with van der Waals surface area (Å²) >= 11 is 0. The van der Waals surface area contributed by atoms with E-state index in [9.17, 15) is 13.2 Å². The van der Waals surface area contributed by atoms with Crippen LogP contribution in [0.25, 0.3) is 11.0 Å². The van der Waals surface area contributed by atoms with E-state index in [2.05, 4.69) is 35.0 Å². The highest BCUT2D eigenvalue weighted by atomic mass is 19.4. The number of halogens is 3. The van der Waals surface area contributed by atoms with Crippen molar-refractivity contribution in [1.29, 1.82) is 0 Å². The van der Waals surface area contributed by atoms with Crippen LogP contribution in [-0.4, -0.2) is 56.3 Å². The van der Waals surface area contributed by atoms with Gasteiger partial charge in [0.05, 0.1) is 11.6 Å². The first-order valence-electron chi connectivity index (χ1n) is 8.44. The fraction of sp³-hybridized carbons (Fsp3) is 0.438. The van der Waals surface area contributed by atoms with Crippen molar-refractivity contribution in [2.24, 2.45) is 0 Å². The molecule has 11 heteroatoms. The maximum Gasteiger partial charge on any atom is 0.433 e. The van der Waals surface area contributed by atoms with Crippen LogP contribution in [-0.2, 0) is 6.18 Å². The molecule has 27 heavy (non-hydrogen) atoms. The maximum absolute atomic E-state index is 12.9. The predicted octanol–water partition coefficient (Wildman–Crippen LogP) is 2.27. The smallest absolute Gasteiger partial charge is 0.355 e. The fourth-order valence-corrected chi connectivity index (χ4v) is 3.35. The van der Waals surface area contributed by atoms with Gasteiger partial charge < -0.3 is 9.80 Å². The lowest BCUT2D eigenvalue weighted by atomic mass is 10.0. The summed E-state index contributed by atoms with van der Waals surface area (Å²) in [4.78, 5) is 19.8. The lowest BCUT2D eigenvalue weighted by molar-refractivity contribution is -0.141. The summed E-state index contributed by atoms with van der Waals surface area (Å²) in [6, 6.07) is 0.976. The third-order valence-electron chi connectivity index (χ3n) is 4.78. The van der Waals surface area contributed by atoms with Crippen molar-refractivity contribution in [3.63, 3.8) is 0 Å². The molecule has 3 aromatic rings. The molecule has 3 aromatic heterocycles. The van der Waals surface area contributed by atoms with Gasteiger partial charge in [0.2, 0.25) is 0 Å². The van der Waals surface area contributed by atoms with Gasteiger partial charge in [0.1, 0.15) is 30.0 Å². The van der Waals surface area contributed by atoms with E-state index in [-0.39, 0.29) is 11.9 Å². The lowest BCUT2D eigenvalue weighted by Gasteiger charge is -2.38. The third kappa shape index (κ3) is 3.36. The molecule has 1 aliphatic heterocycles. The number of aromatic nitrogens is 6. The molecule has 0 amide bonds. The number of hydrogen-bond acceptors (Lipinski definition) is 7. The molecule has 8 nitrogen and oxygen atoms in total. The Labute approximate surface area is 152 Å². The predicted molar refractivity (Wildman–Crippen MR) is 92.4 cm³/mol. The third-order valence-corrected chi connectivity index (χ3v) is 4.78.